The minimum atomic E-state index is -0.179. The number of benzene rings is 2. The van der Waals surface area contributed by atoms with Crippen LogP contribution in [-0.4, -0.2) is 60.6 Å². The van der Waals surface area contributed by atoms with Gasteiger partial charge in [-0.25, -0.2) is 14.4 Å². The molecule has 8 nitrogen and oxygen atoms in total. The van der Waals surface area contributed by atoms with Gasteiger partial charge in [0.2, 0.25) is 0 Å². The zero-order chi connectivity index (χ0) is 30.7. The fourth-order valence-electron chi connectivity index (χ4n) is 7.75. The smallest absolute Gasteiger partial charge is 0.130 e. The first-order chi connectivity index (χ1) is 21.4. The van der Waals surface area contributed by atoms with Gasteiger partial charge in [-0.1, -0.05) is 19.1 Å². The van der Waals surface area contributed by atoms with Gasteiger partial charge in [-0.05, 0) is 106 Å². The third-order valence-corrected chi connectivity index (χ3v) is 9.91. The molecular weight excluding hydrogens is 551 g/mol. The molecule has 44 heavy (non-hydrogen) atoms. The van der Waals surface area contributed by atoms with Gasteiger partial charge in [-0.2, -0.15) is 0 Å². The van der Waals surface area contributed by atoms with Crippen molar-refractivity contribution in [2.45, 2.75) is 70.4 Å². The second kappa shape index (κ2) is 12.9. The number of nitrogens with zero attached hydrogens (tertiary/aromatic N) is 5. The molecule has 0 saturated carbocycles. The average molecular weight is 597 g/mol. The first-order valence-electron chi connectivity index (χ1n) is 16.1. The maximum absolute atomic E-state index is 15.0. The molecule has 3 fully saturated rings. The van der Waals surface area contributed by atoms with Crippen LogP contribution in [-0.2, 0) is 13.0 Å². The maximum atomic E-state index is 15.0. The van der Waals surface area contributed by atoms with Gasteiger partial charge in [0, 0.05) is 59.3 Å². The standard InChI is InChI=1S/C35H45FN8/c1-3-27-29(36)10-9-24-20-26(37)21-31(32(24)27)43-19-11-28(34(39-2)42-22-25-8-4-15-41-33(25)38)30(23-43)40-16-5-12-35-13-6-17-44(35)18-7-14-35/h4,8-10,15,20-21,42H,2-3,5-7,11-14,16-19,22-23,37H2,1H3,(H2,38,41)/b34-28+,40-30-. The summed E-state index contributed by atoms with van der Waals surface area (Å²) < 4.78 is 15.0. The number of pyridine rings is 1. The Morgan fingerprint density at radius 2 is 1.95 bits per heavy atom. The maximum Gasteiger partial charge on any atom is 0.130 e. The second-order valence-electron chi connectivity index (χ2n) is 12.4. The van der Waals surface area contributed by atoms with E-state index in [0.717, 1.165) is 64.2 Å². The molecule has 4 heterocycles. The Labute approximate surface area is 260 Å². The number of hydrogen-bond donors (Lipinski definition) is 3. The first-order valence-corrected chi connectivity index (χ1v) is 16.1. The molecule has 0 spiro atoms. The molecule has 0 amide bonds. The molecule has 1 aromatic heterocycles. The summed E-state index contributed by atoms with van der Waals surface area (Å²) in [5.74, 6) is 1.04. The van der Waals surface area contributed by atoms with Crippen LogP contribution in [0.2, 0.25) is 0 Å². The normalized spacial score (nSPS) is 20.3. The SMILES string of the molecule is C=N/C(NCc1cccnc1N)=C1/CCN(c2cc(N)cc3ccc(F)c(CC)c23)C/C1=N/CCCC12CCCN1CCC2. The van der Waals surface area contributed by atoms with Crippen LogP contribution in [0.3, 0.4) is 0 Å². The number of rotatable bonds is 10. The zero-order valence-corrected chi connectivity index (χ0v) is 25.9. The van der Waals surface area contributed by atoms with Crippen molar-refractivity contribution in [1.29, 1.82) is 0 Å². The van der Waals surface area contributed by atoms with E-state index in [2.05, 4.69) is 31.8 Å². The topological polar surface area (TPSA) is 108 Å². The number of fused-ring (bicyclic) bond motifs is 2. The number of halogens is 1. The zero-order valence-electron chi connectivity index (χ0n) is 25.9. The lowest BCUT2D eigenvalue weighted by Gasteiger charge is -2.34. The Hall–Kier alpha value is -3.98. The largest absolute Gasteiger partial charge is 0.399 e. The van der Waals surface area contributed by atoms with Gasteiger partial charge in [0.1, 0.15) is 17.5 Å². The van der Waals surface area contributed by atoms with E-state index >= 15 is 4.39 Å². The van der Waals surface area contributed by atoms with Crippen LogP contribution in [0.4, 0.5) is 21.6 Å². The molecule has 3 saturated heterocycles. The number of aliphatic imine (C=N–C) groups is 2. The van der Waals surface area contributed by atoms with Crippen LogP contribution in [0, 0.1) is 5.82 Å². The summed E-state index contributed by atoms with van der Waals surface area (Å²) in [5.41, 5.74) is 18.2. The van der Waals surface area contributed by atoms with E-state index in [-0.39, 0.29) is 5.82 Å². The van der Waals surface area contributed by atoms with Gasteiger partial charge in [0.15, 0.2) is 0 Å². The molecule has 5 N–H and O–H groups in total. The Kier molecular flexibility index (Phi) is 8.84. The lowest BCUT2D eigenvalue weighted by Crippen LogP contribution is -2.39. The van der Waals surface area contributed by atoms with Crippen LogP contribution in [0.1, 0.15) is 63.0 Å². The fourth-order valence-corrected chi connectivity index (χ4v) is 7.75. The highest BCUT2D eigenvalue weighted by molar-refractivity contribution is 6.07. The highest BCUT2D eigenvalue weighted by Crippen LogP contribution is 2.42. The number of anilines is 3. The lowest BCUT2D eigenvalue weighted by atomic mass is 9.89. The van der Waals surface area contributed by atoms with Crippen molar-refractivity contribution in [2.24, 2.45) is 9.98 Å². The summed E-state index contributed by atoms with van der Waals surface area (Å²) in [6.07, 6.45) is 10.5. The average Bonchev–Trinajstić information content (AvgIpc) is 3.61. The van der Waals surface area contributed by atoms with Crippen LogP contribution >= 0.6 is 0 Å². The van der Waals surface area contributed by atoms with E-state index < -0.39 is 0 Å². The number of nitrogens with two attached hydrogens (primary N) is 2. The Morgan fingerprint density at radius 1 is 1.14 bits per heavy atom. The van der Waals surface area contributed by atoms with Crippen molar-refractivity contribution >= 4 is 40.4 Å². The molecule has 0 bridgehead atoms. The molecule has 3 aromatic rings. The van der Waals surface area contributed by atoms with E-state index in [1.807, 2.05) is 37.3 Å². The number of aryl methyl sites for hydroxylation is 1. The molecule has 2 aromatic carbocycles. The quantitative estimate of drug-likeness (QED) is 0.154. The lowest BCUT2D eigenvalue weighted by molar-refractivity contribution is 0.180. The van der Waals surface area contributed by atoms with Crippen molar-refractivity contribution in [3.63, 3.8) is 0 Å². The fraction of sp³-hybridized carbons (Fsp3) is 0.457. The van der Waals surface area contributed by atoms with Gasteiger partial charge in [-0.15, -0.1) is 0 Å². The van der Waals surface area contributed by atoms with E-state index in [1.54, 1.807) is 12.3 Å². The number of piperidine rings is 1. The molecule has 9 heteroatoms. The van der Waals surface area contributed by atoms with Crippen LogP contribution in [0.15, 0.2) is 64.0 Å². The highest BCUT2D eigenvalue weighted by atomic mass is 19.1. The Morgan fingerprint density at radius 3 is 2.70 bits per heavy atom. The third-order valence-electron chi connectivity index (χ3n) is 9.91. The minimum absolute atomic E-state index is 0.179. The summed E-state index contributed by atoms with van der Waals surface area (Å²) in [5, 5.41) is 5.35. The molecule has 232 valence electrons. The highest BCUT2D eigenvalue weighted by Gasteiger charge is 2.43. The second-order valence-corrected chi connectivity index (χ2v) is 12.4. The van der Waals surface area contributed by atoms with Crippen LogP contribution in [0.25, 0.3) is 10.8 Å². The van der Waals surface area contributed by atoms with Gasteiger partial charge in [0.25, 0.3) is 0 Å². The molecule has 0 unspecified atom stereocenters. The summed E-state index contributed by atoms with van der Waals surface area (Å²) in [6, 6.07) is 11.1. The van der Waals surface area contributed by atoms with Gasteiger partial charge < -0.3 is 21.7 Å². The van der Waals surface area contributed by atoms with Crippen molar-refractivity contribution in [3.8, 4) is 0 Å². The third kappa shape index (κ3) is 5.89. The number of nitrogen functional groups attached to an aromatic ring is 2. The summed E-state index contributed by atoms with van der Waals surface area (Å²) in [7, 11) is 0. The van der Waals surface area contributed by atoms with E-state index in [9.17, 15) is 0 Å². The molecule has 3 aliphatic heterocycles. The number of nitrogens with one attached hydrogen (secondary N) is 1. The van der Waals surface area contributed by atoms with Crippen molar-refractivity contribution in [1.82, 2.24) is 15.2 Å². The summed E-state index contributed by atoms with van der Waals surface area (Å²) in [4.78, 5) is 18.9. The van der Waals surface area contributed by atoms with Crippen LogP contribution < -0.4 is 21.7 Å². The van der Waals surface area contributed by atoms with E-state index in [1.165, 1.54) is 45.2 Å². The molecule has 0 aliphatic carbocycles. The van der Waals surface area contributed by atoms with E-state index in [0.29, 0.717) is 43.0 Å². The van der Waals surface area contributed by atoms with Crippen molar-refractivity contribution < 1.29 is 4.39 Å². The van der Waals surface area contributed by atoms with Crippen LogP contribution in [0.5, 0.6) is 0 Å². The van der Waals surface area contributed by atoms with Crippen molar-refractivity contribution in [3.05, 3.63) is 70.9 Å². The number of hydrogen-bond acceptors (Lipinski definition) is 8. The first kappa shape index (κ1) is 30.1. The summed E-state index contributed by atoms with van der Waals surface area (Å²) in [6.45, 7) is 10.9. The van der Waals surface area contributed by atoms with Gasteiger partial charge >= 0.3 is 0 Å². The van der Waals surface area contributed by atoms with Gasteiger partial charge in [0.05, 0.1) is 12.3 Å². The molecule has 0 atom stereocenters. The Bertz CT molecular complexity index is 1590. The van der Waals surface area contributed by atoms with Crippen molar-refractivity contribution in [2.75, 3.05) is 49.1 Å². The predicted octanol–water partition coefficient (Wildman–Crippen LogP) is 5.86. The predicted molar refractivity (Wildman–Crippen MR) is 181 cm³/mol. The van der Waals surface area contributed by atoms with E-state index in [4.69, 9.17) is 16.5 Å². The van der Waals surface area contributed by atoms with Gasteiger partial charge in [-0.3, -0.25) is 9.89 Å². The molecule has 3 aliphatic rings. The number of aromatic nitrogens is 1. The molecular formula is C35H45FN8. The summed E-state index contributed by atoms with van der Waals surface area (Å²) >= 11 is 0. The molecule has 0 radical (unpaired) electrons. The minimum Gasteiger partial charge on any atom is -0.399 e. The monoisotopic (exact) mass is 596 g/mol. The molecule has 6 rings (SSSR count). The Balaban J connectivity index is 1.31.